The highest BCUT2D eigenvalue weighted by Crippen LogP contribution is 2.64. The van der Waals surface area contributed by atoms with Crippen molar-refractivity contribution >= 4 is 137 Å². The van der Waals surface area contributed by atoms with Gasteiger partial charge in [-0.25, -0.2) is 74.4 Å². The lowest BCUT2D eigenvalue weighted by atomic mass is 9.77. The summed E-state index contributed by atoms with van der Waals surface area (Å²) in [7, 11) is 0. The molecule has 21 nitrogen and oxygen atoms in total. The number of carbonyl (C=O) groups is 5. The Hall–Kier alpha value is -10.7. The third kappa shape index (κ3) is 20.2. The minimum atomic E-state index is -0.891. The predicted octanol–water partition coefficient (Wildman–Crippen LogP) is 21.3. The molecule has 0 saturated carbocycles. The van der Waals surface area contributed by atoms with E-state index in [2.05, 4.69) is 43.1 Å². The molecule has 5 spiro atoms. The number of hydrogen-bond donors (Lipinski definition) is 6. The van der Waals surface area contributed by atoms with Crippen LogP contribution >= 0.6 is 82.0 Å². The molecule has 0 unspecified atom stereocenters. The molecule has 0 radical (unpaired) electrons. The summed E-state index contributed by atoms with van der Waals surface area (Å²) in [4.78, 5) is 59.0. The second-order valence-corrected chi connectivity index (χ2v) is 43.0. The van der Waals surface area contributed by atoms with E-state index in [1.807, 2.05) is 97.1 Å². The Morgan fingerprint density at radius 3 is 0.741 bits per heavy atom. The molecule has 20 rings (SSSR count). The number of halogens is 12. The predicted molar refractivity (Wildman–Crippen MR) is 544 cm³/mol. The number of hydrogen-bond acceptors (Lipinski definition) is 21. The van der Waals surface area contributed by atoms with Gasteiger partial charge in [0.05, 0.1) is 0 Å². The van der Waals surface area contributed by atoms with Gasteiger partial charge in [-0.1, -0.05) is 167 Å². The number of fused-ring (bicyclic) bond motifs is 10. The van der Waals surface area contributed by atoms with Crippen LogP contribution in [0.2, 0.25) is 10.0 Å². The van der Waals surface area contributed by atoms with Crippen LogP contribution in [-0.4, -0.2) is 118 Å². The second kappa shape index (κ2) is 44.3. The third-order valence-corrected chi connectivity index (χ3v) is 35.6. The van der Waals surface area contributed by atoms with Gasteiger partial charge in [-0.2, -0.15) is 25.5 Å². The summed E-state index contributed by atoms with van der Waals surface area (Å²) in [6.07, 6.45) is 11.7. The van der Waals surface area contributed by atoms with Gasteiger partial charge in [-0.15, -0.1) is 0 Å². The van der Waals surface area contributed by atoms with Gasteiger partial charge in [0.15, 0.2) is 0 Å². The van der Waals surface area contributed by atoms with Crippen molar-refractivity contribution in [2.75, 3.05) is 32.7 Å². The minimum Gasteiger partial charge on any atom is -0.330 e. The number of rotatable bonds is 16. The minimum absolute atomic E-state index is 0.00904. The van der Waals surface area contributed by atoms with Crippen molar-refractivity contribution in [3.05, 3.63) is 352 Å². The van der Waals surface area contributed by atoms with Gasteiger partial charge in [0, 0.05) is 79.0 Å². The maximum absolute atomic E-state index is 14.5. The monoisotopic (exact) mass is 2090 g/mol. The number of amides is 5. The highest BCUT2D eigenvalue weighted by Gasteiger charge is 2.62. The van der Waals surface area contributed by atoms with Gasteiger partial charge >= 0.3 is 0 Å². The average Bonchev–Trinajstić information content (AvgIpc) is 1.61. The zero-order chi connectivity index (χ0) is 102. The van der Waals surface area contributed by atoms with Crippen LogP contribution < -0.4 is 28.4 Å². The quantitative estimate of drug-likeness (QED) is 0.0387. The summed E-state index contributed by atoms with van der Waals surface area (Å²) < 4.78 is 142. The Kier molecular flexibility index (Phi) is 32.6. The standard InChI is InChI=1S/2C21H20ClF2N3OS.C21H21F2N3O2S.2C21H21F2N3OS/c2*1-12(28)27-21(29-20(26-27)17-11-16(23)6-7-19(17)24)14(8-9-25)4-2-13-3-5-15(22)10-18(13)21;1-13(27)26-21(29-20(25-26)17-12-16(22)8-9-19(17)23)15(10-11-24-28)7-6-14-4-2-3-5-18(14)21;2*1-13(27)26-21(28-20(25-26)17-12-16(22)8-9-19(17)23)15(10-11-24)7-6-14-4-2-3-5-18(14)21/h2*3,5-7,10-11,14H,2,4,8-9,25H2,1H3;2-5,8-9,12,15,24,28H,6-7,10-11H2,1H3;2*2-5,8-9,12,15H,6-7,10-11,24H2,1H3/t2*14-,21-;15-,21-;15-,21+;15-,21-/m10010/s1. The number of nitrogens with two attached hydrogens (primary N) is 4. The molecule has 38 heteroatoms. The van der Waals surface area contributed by atoms with Crippen LogP contribution in [0.1, 0.15) is 182 Å². The Morgan fingerprint density at radius 2 is 0.524 bits per heavy atom. The SMILES string of the molecule is CC(=O)N1N=C(c2cc(F)ccc2F)S[C@@]12c1cc(Cl)ccc1CC[C@H]2CCN.CC(=O)N1N=C(c2cc(F)ccc2F)S[C@@]12c1ccccc1CC[C@@H]2CCN.CC(=O)N1N=C(c2cc(F)ccc2F)S[C@@]12c1ccccc1CC[C@H]2CCN.CC(=O)N1N=C(c2cc(F)ccc2F)S[C@@]12c1ccccc1CC[C@H]2CCNO.CC(=O)N1N=C(c2cc(F)ccc2F)S[C@]12c1cc(Cl)ccc1CC[C@@H]2CCN. The van der Waals surface area contributed by atoms with E-state index in [1.54, 1.807) is 0 Å². The van der Waals surface area contributed by atoms with E-state index in [0.29, 0.717) is 85.0 Å². The molecule has 143 heavy (non-hydrogen) atoms. The molecule has 748 valence electrons. The summed E-state index contributed by atoms with van der Waals surface area (Å²) in [6.45, 7) is 9.37. The van der Waals surface area contributed by atoms with Crippen LogP contribution in [0.3, 0.4) is 0 Å². The number of thioether (sulfide) groups is 5. The fourth-order valence-electron chi connectivity index (χ4n) is 21.3. The third-order valence-electron chi connectivity index (χ3n) is 27.4. The van der Waals surface area contributed by atoms with Crippen molar-refractivity contribution in [2.45, 2.75) is 155 Å². The van der Waals surface area contributed by atoms with Crippen molar-refractivity contribution in [1.29, 1.82) is 0 Å². The van der Waals surface area contributed by atoms with E-state index in [0.717, 1.165) is 211 Å². The molecule has 5 aliphatic heterocycles. The normalized spacial score (nSPS) is 23.4. The van der Waals surface area contributed by atoms with E-state index in [1.165, 1.54) is 118 Å². The van der Waals surface area contributed by atoms with Crippen LogP contribution in [-0.2, 0) is 80.4 Å². The van der Waals surface area contributed by atoms with E-state index < -0.39 is 82.5 Å². The average molecular weight is 2090 g/mol. The molecule has 0 fully saturated rings. The number of benzene rings is 10. The van der Waals surface area contributed by atoms with Crippen LogP contribution in [0.5, 0.6) is 0 Å². The largest absolute Gasteiger partial charge is 0.330 e. The maximum Gasteiger partial charge on any atom is 0.241 e. The molecule has 5 heterocycles. The van der Waals surface area contributed by atoms with Gasteiger partial charge < -0.3 is 28.1 Å². The molecule has 5 amide bonds. The number of carbonyl (C=O) groups excluding carboxylic acids is 5. The first-order valence-corrected chi connectivity index (χ1v) is 51.7. The molecule has 0 bridgehead atoms. The number of hydroxylamine groups is 1. The van der Waals surface area contributed by atoms with E-state index in [9.17, 15) is 67.9 Å². The van der Waals surface area contributed by atoms with Crippen LogP contribution in [0.15, 0.2) is 226 Å². The van der Waals surface area contributed by atoms with Gasteiger partial charge in [-0.3, -0.25) is 24.0 Å². The lowest BCUT2D eigenvalue weighted by Crippen LogP contribution is -2.49. The van der Waals surface area contributed by atoms with Crippen molar-refractivity contribution in [1.82, 2.24) is 30.5 Å². The van der Waals surface area contributed by atoms with Crippen molar-refractivity contribution in [3.8, 4) is 0 Å². The number of nitrogens with zero attached hydrogens (tertiary/aromatic N) is 10. The smallest absolute Gasteiger partial charge is 0.241 e. The van der Waals surface area contributed by atoms with Crippen LogP contribution in [0, 0.1) is 87.8 Å². The zero-order valence-electron chi connectivity index (χ0n) is 78.4. The summed E-state index contributed by atoms with van der Waals surface area (Å²) in [6, 6.07) is 51.3. The fourth-order valence-corrected chi connectivity index (χ4v) is 29.9. The molecule has 10 aromatic rings. The van der Waals surface area contributed by atoms with Crippen molar-refractivity contribution in [2.24, 2.45) is 78.0 Å². The summed E-state index contributed by atoms with van der Waals surface area (Å²) >= 11 is 19.1. The second-order valence-electron chi connectivity index (χ2n) is 36.1. The lowest BCUT2D eigenvalue weighted by molar-refractivity contribution is -0.135. The Bertz CT molecular complexity index is 6460. The number of aryl methyl sites for hydroxylation is 5. The Balaban J connectivity index is 0.000000128. The first-order chi connectivity index (χ1) is 68.6. The highest BCUT2D eigenvalue weighted by molar-refractivity contribution is 8.16. The highest BCUT2D eigenvalue weighted by atomic mass is 35.5. The molecular formula is C105H103Cl2F10N15O6S5. The molecule has 10 N–H and O–H groups in total. The van der Waals surface area contributed by atoms with Gasteiger partial charge in [0.25, 0.3) is 0 Å². The van der Waals surface area contributed by atoms with E-state index in [4.69, 9.17) is 51.3 Å². The van der Waals surface area contributed by atoms with Gasteiger partial charge in [-0.05, 0) is 323 Å². The molecule has 0 aromatic heterocycles. The van der Waals surface area contributed by atoms with Crippen molar-refractivity contribution < 1.29 is 73.1 Å². The van der Waals surface area contributed by atoms with E-state index in [-0.39, 0.29) is 102 Å². The maximum atomic E-state index is 14.5. The molecule has 10 aromatic carbocycles. The lowest BCUT2D eigenvalue weighted by Gasteiger charge is -2.45. The summed E-state index contributed by atoms with van der Waals surface area (Å²) in [5.41, 5.74) is 36.2. The molecule has 10 atom stereocenters. The zero-order valence-corrected chi connectivity index (χ0v) is 84.0. The number of hydrazone groups is 5. The Morgan fingerprint density at radius 1 is 0.315 bits per heavy atom. The van der Waals surface area contributed by atoms with Gasteiger partial charge in [0.2, 0.25) is 29.5 Å². The first kappa shape index (κ1) is 105. The van der Waals surface area contributed by atoms with Crippen LogP contribution in [0.25, 0.3) is 0 Å². The van der Waals surface area contributed by atoms with E-state index >= 15 is 0 Å². The molecular weight excluding hydrogens is 1990 g/mol. The summed E-state index contributed by atoms with van der Waals surface area (Å²) in [5.74, 6) is -6.92. The fraction of sp³-hybridized carbons (Fsp3) is 0.333. The van der Waals surface area contributed by atoms with Gasteiger partial charge in [0.1, 0.15) is 108 Å². The van der Waals surface area contributed by atoms with Crippen molar-refractivity contribution in [3.63, 3.8) is 0 Å². The summed E-state index contributed by atoms with van der Waals surface area (Å²) in [5, 5.41) is 41.2. The Labute approximate surface area is 852 Å². The first-order valence-electron chi connectivity index (χ1n) is 46.8. The molecule has 10 aliphatic rings. The topological polar surface area (TPSA) is 300 Å². The van der Waals surface area contributed by atoms with Crippen LogP contribution in [0.4, 0.5) is 43.9 Å². The molecule has 0 saturated heterocycles. The molecule has 5 aliphatic carbocycles. The number of nitrogens with one attached hydrogen (secondary N) is 1.